The van der Waals surface area contributed by atoms with E-state index in [1.807, 2.05) is 36.1 Å². The van der Waals surface area contributed by atoms with Crippen LogP contribution < -0.4 is 15.5 Å². The van der Waals surface area contributed by atoms with E-state index in [1.165, 1.54) is 12.1 Å². The van der Waals surface area contributed by atoms with Crippen molar-refractivity contribution in [3.63, 3.8) is 0 Å². The number of likely N-dealkylation sites (N-methyl/N-ethyl adjacent to an activating group) is 1. The zero-order valence-corrected chi connectivity index (χ0v) is 16.7. The fraction of sp³-hybridized carbons (Fsp3) is 0.273. The van der Waals surface area contributed by atoms with Gasteiger partial charge in [-0.25, -0.2) is 14.0 Å². The number of hydrogen-bond acceptors (Lipinski definition) is 4. The Hall–Kier alpha value is -3.35. The highest BCUT2D eigenvalue weighted by atomic mass is 19.1. The number of rotatable bonds is 6. The number of nitrogens with zero attached hydrogens (tertiary/aromatic N) is 1. The lowest BCUT2D eigenvalue weighted by Gasteiger charge is -2.31. The minimum absolute atomic E-state index is 0.220. The molecule has 0 radical (unpaired) electrons. The van der Waals surface area contributed by atoms with Crippen LogP contribution in [0.25, 0.3) is 0 Å². The van der Waals surface area contributed by atoms with Crippen LogP contribution in [0.3, 0.4) is 0 Å². The van der Waals surface area contributed by atoms with Crippen LogP contribution in [0.1, 0.15) is 24.1 Å². The standard InChI is InChI=1S/C22H24FN3O3/c1-4-29-21(27)19-18(13-26(3)17-11-9-16(23)10-12-17)24-22(28)25-20(19)15-7-5-14(2)6-8-15/h5-12,20H,4,13H2,1-3H3,(H2,24,25,28)/t20-/m1/s1. The van der Waals surface area contributed by atoms with Gasteiger partial charge in [-0.2, -0.15) is 0 Å². The molecule has 29 heavy (non-hydrogen) atoms. The molecule has 0 unspecified atom stereocenters. The van der Waals surface area contributed by atoms with E-state index in [2.05, 4.69) is 10.6 Å². The first-order valence-electron chi connectivity index (χ1n) is 9.40. The summed E-state index contributed by atoms with van der Waals surface area (Å²) < 4.78 is 18.5. The highest BCUT2D eigenvalue weighted by molar-refractivity contribution is 5.95. The number of amides is 2. The third-order valence-electron chi connectivity index (χ3n) is 4.72. The molecule has 0 bridgehead atoms. The first-order chi connectivity index (χ1) is 13.9. The Morgan fingerprint density at radius 3 is 2.41 bits per heavy atom. The molecule has 7 heteroatoms. The molecular formula is C22H24FN3O3. The number of esters is 1. The van der Waals surface area contributed by atoms with Crippen LogP contribution in [0.4, 0.5) is 14.9 Å². The lowest BCUT2D eigenvalue weighted by molar-refractivity contribution is -0.139. The number of urea groups is 1. The van der Waals surface area contributed by atoms with Crippen molar-refractivity contribution < 1.29 is 18.7 Å². The molecule has 1 heterocycles. The molecule has 2 aromatic rings. The van der Waals surface area contributed by atoms with Crippen LogP contribution in [0, 0.1) is 12.7 Å². The van der Waals surface area contributed by atoms with Crippen LogP contribution in [0.2, 0.25) is 0 Å². The molecular weight excluding hydrogens is 373 g/mol. The quantitative estimate of drug-likeness (QED) is 0.733. The van der Waals surface area contributed by atoms with Crippen LogP contribution in [0.15, 0.2) is 59.8 Å². The fourth-order valence-electron chi connectivity index (χ4n) is 3.23. The fourth-order valence-corrected chi connectivity index (χ4v) is 3.23. The number of aryl methyl sites for hydroxylation is 1. The number of carbonyl (C=O) groups excluding carboxylic acids is 2. The Balaban J connectivity index is 2.00. The van der Waals surface area contributed by atoms with Crippen LogP contribution >= 0.6 is 0 Å². The van der Waals surface area contributed by atoms with Gasteiger partial charge in [0.05, 0.1) is 30.5 Å². The van der Waals surface area contributed by atoms with Crippen molar-refractivity contribution in [1.29, 1.82) is 0 Å². The predicted molar refractivity (Wildman–Crippen MR) is 109 cm³/mol. The SMILES string of the molecule is CCOC(=O)C1=C(CN(C)c2ccc(F)cc2)NC(=O)N[C@@H]1c1ccc(C)cc1. The minimum Gasteiger partial charge on any atom is -0.463 e. The Bertz CT molecular complexity index is 923. The number of ether oxygens (including phenoxy) is 1. The smallest absolute Gasteiger partial charge is 0.338 e. The second kappa shape index (κ2) is 8.77. The molecule has 152 valence electrons. The van der Waals surface area contributed by atoms with E-state index in [0.29, 0.717) is 11.3 Å². The van der Waals surface area contributed by atoms with E-state index in [0.717, 1.165) is 16.8 Å². The Labute approximate surface area is 169 Å². The summed E-state index contributed by atoms with van der Waals surface area (Å²) in [5.41, 5.74) is 3.41. The second-order valence-corrected chi connectivity index (χ2v) is 6.89. The largest absolute Gasteiger partial charge is 0.463 e. The summed E-state index contributed by atoms with van der Waals surface area (Å²) in [7, 11) is 1.80. The molecule has 1 aliphatic heterocycles. The summed E-state index contributed by atoms with van der Waals surface area (Å²) >= 11 is 0. The number of benzene rings is 2. The minimum atomic E-state index is -0.625. The lowest BCUT2D eigenvalue weighted by atomic mass is 9.94. The van der Waals surface area contributed by atoms with Gasteiger partial charge in [-0.05, 0) is 43.7 Å². The molecule has 0 aromatic heterocycles. The Kier molecular flexibility index (Phi) is 6.16. The summed E-state index contributed by atoms with van der Waals surface area (Å²) in [5, 5.41) is 5.56. The van der Waals surface area contributed by atoms with Crippen molar-refractivity contribution in [2.75, 3.05) is 25.1 Å². The molecule has 0 fully saturated rings. The van der Waals surface area contributed by atoms with Gasteiger partial charge < -0.3 is 20.3 Å². The Morgan fingerprint density at radius 1 is 1.14 bits per heavy atom. The molecule has 2 N–H and O–H groups in total. The van der Waals surface area contributed by atoms with Gasteiger partial charge in [0, 0.05) is 12.7 Å². The molecule has 0 spiro atoms. The summed E-state index contributed by atoms with van der Waals surface area (Å²) in [4.78, 5) is 27.0. The van der Waals surface area contributed by atoms with E-state index in [9.17, 15) is 14.0 Å². The molecule has 1 atom stereocenters. The molecule has 3 rings (SSSR count). The van der Waals surface area contributed by atoms with Crippen LogP contribution in [0.5, 0.6) is 0 Å². The molecule has 2 amide bonds. The topological polar surface area (TPSA) is 70.7 Å². The van der Waals surface area contributed by atoms with Gasteiger partial charge >= 0.3 is 12.0 Å². The van der Waals surface area contributed by atoms with E-state index < -0.39 is 18.0 Å². The summed E-state index contributed by atoms with van der Waals surface area (Å²) in [6, 6.07) is 12.6. The van der Waals surface area contributed by atoms with E-state index in [-0.39, 0.29) is 19.0 Å². The monoisotopic (exact) mass is 397 g/mol. The molecule has 0 aliphatic carbocycles. The maximum absolute atomic E-state index is 13.2. The zero-order valence-electron chi connectivity index (χ0n) is 16.7. The van der Waals surface area contributed by atoms with Crippen molar-refractivity contribution >= 4 is 17.7 Å². The first-order valence-corrected chi connectivity index (χ1v) is 9.40. The third kappa shape index (κ3) is 4.74. The molecule has 2 aromatic carbocycles. The van der Waals surface area contributed by atoms with Crippen molar-refractivity contribution in [3.05, 3.63) is 76.7 Å². The average Bonchev–Trinajstić information content (AvgIpc) is 2.68. The van der Waals surface area contributed by atoms with E-state index in [4.69, 9.17) is 4.74 Å². The normalized spacial score (nSPS) is 16.1. The average molecular weight is 397 g/mol. The van der Waals surface area contributed by atoms with Crippen molar-refractivity contribution in [2.45, 2.75) is 19.9 Å². The van der Waals surface area contributed by atoms with Gasteiger partial charge in [-0.1, -0.05) is 29.8 Å². The summed E-state index contributed by atoms with van der Waals surface area (Å²) in [5.74, 6) is -0.823. The lowest BCUT2D eigenvalue weighted by Crippen LogP contribution is -2.48. The van der Waals surface area contributed by atoms with Crippen LogP contribution in [-0.4, -0.2) is 32.2 Å². The van der Waals surface area contributed by atoms with Gasteiger partial charge in [0.2, 0.25) is 0 Å². The molecule has 0 saturated carbocycles. The first kappa shape index (κ1) is 20.4. The van der Waals surface area contributed by atoms with Gasteiger partial charge in [-0.3, -0.25) is 0 Å². The second-order valence-electron chi connectivity index (χ2n) is 6.89. The molecule has 1 aliphatic rings. The number of halogens is 1. The molecule has 0 saturated heterocycles. The molecule has 6 nitrogen and oxygen atoms in total. The van der Waals surface area contributed by atoms with Gasteiger partial charge in [0.15, 0.2) is 0 Å². The van der Waals surface area contributed by atoms with Crippen molar-refractivity contribution in [3.8, 4) is 0 Å². The van der Waals surface area contributed by atoms with Gasteiger partial charge in [0.25, 0.3) is 0 Å². The predicted octanol–water partition coefficient (Wildman–Crippen LogP) is 3.44. The van der Waals surface area contributed by atoms with Crippen molar-refractivity contribution in [2.24, 2.45) is 0 Å². The maximum Gasteiger partial charge on any atom is 0.338 e. The summed E-state index contributed by atoms with van der Waals surface area (Å²) in [6.07, 6.45) is 0. The maximum atomic E-state index is 13.2. The zero-order chi connectivity index (χ0) is 21.0. The number of nitrogens with one attached hydrogen (secondary N) is 2. The Morgan fingerprint density at radius 2 is 1.79 bits per heavy atom. The van der Waals surface area contributed by atoms with Crippen LogP contribution in [-0.2, 0) is 9.53 Å². The van der Waals surface area contributed by atoms with Crippen molar-refractivity contribution in [1.82, 2.24) is 10.6 Å². The number of hydrogen-bond donors (Lipinski definition) is 2. The van der Waals surface area contributed by atoms with Gasteiger partial charge in [-0.15, -0.1) is 0 Å². The summed E-state index contributed by atoms with van der Waals surface area (Å²) in [6.45, 7) is 4.17. The van der Waals surface area contributed by atoms with E-state index in [1.54, 1.807) is 26.1 Å². The number of carbonyl (C=O) groups is 2. The van der Waals surface area contributed by atoms with E-state index >= 15 is 0 Å². The highest BCUT2D eigenvalue weighted by Gasteiger charge is 2.34. The van der Waals surface area contributed by atoms with Gasteiger partial charge in [0.1, 0.15) is 5.82 Å². The highest BCUT2D eigenvalue weighted by Crippen LogP contribution is 2.29. The number of anilines is 1. The third-order valence-corrected chi connectivity index (χ3v) is 4.72.